The number of rotatable bonds is 5. The third-order valence-corrected chi connectivity index (χ3v) is 3.31. The molecule has 1 heterocycles. The van der Waals surface area contributed by atoms with Crippen LogP contribution in [0.15, 0.2) is 18.3 Å². The van der Waals surface area contributed by atoms with Gasteiger partial charge in [0.05, 0.1) is 6.61 Å². The molecule has 0 aromatic carbocycles. The highest BCUT2D eigenvalue weighted by Crippen LogP contribution is 2.26. The van der Waals surface area contributed by atoms with Crippen LogP contribution in [0.5, 0.6) is 0 Å². The van der Waals surface area contributed by atoms with E-state index >= 15 is 0 Å². The van der Waals surface area contributed by atoms with Crippen molar-refractivity contribution in [2.45, 2.75) is 31.7 Å². The number of nitrogens with zero attached hydrogens (tertiary/aromatic N) is 2. The fourth-order valence-electron chi connectivity index (χ4n) is 2.44. The van der Waals surface area contributed by atoms with E-state index in [4.69, 9.17) is 5.11 Å². The van der Waals surface area contributed by atoms with Crippen molar-refractivity contribution in [3.05, 3.63) is 23.9 Å². The van der Waals surface area contributed by atoms with Crippen LogP contribution in [0.1, 0.15) is 36.0 Å². The molecule has 2 rings (SSSR count). The van der Waals surface area contributed by atoms with E-state index in [1.54, 1.807) is 12.3 Å². The zero-order valence-corrected chi connectivity index (χ0v) is 9.88. The summed E-state index contributed by atoms with van der Waals surface area (Å²) in [4.78, 5) is 17.0. The Kier molecular flexibility index (Phi) is 4.09. The van der Waals surface area contributed by atoms with Gasteiger partial charge in [0.15, 0.2) is 6.29 Å². The number of hydrogen-bond donors (Lipinski definition) is 1. The number of carbonyl (C=O) groups excluding carboxylic acids is 1. The maximum Gasteiger partial charge on any atom is 0.151 e. The monoisotopic (exact) mass is 234 g/mol. The average Bonchev–Trinajstić information content (AvgIpc) is 2.90. The van der Waals surface area contributed by atoms with Crippen LogP contribution in [0.3, 0.4) is 0 Å². The predicted octanol–water partition coefficient (Wildman–Crippen LogP) is 1.64. The molecule has 0 radical (unpaired) electrons. The second kappa shape index (κ2) is 5.77. The number of aromatic nitrogens is 1. The third kappa shape index (κ3) is 2.82. The Morgan fingerprint density at radius 1 is 1.41 bits per heavy atom. The Hall–Kier alpha value is -1.42. The van der Waals surface area contributed by atoms with Crippen molar-refractivity contribution < 1.29 is 9.90 Å². The lowest BCUT2D eigenvalue weighted by molar-refractivity contribution is 0.112. The standard InChI is InChI=1S/C13H18N2O2/c16-8-7-15(12-3-1-2-4-12)13-6-5-11(10-17)9-14-13/h5-6,9-10,12,16H,1-4,7-8H2. The normalized spacial score (nSPS) is 16.1. The van der Waals surface area contributed by atoms with E-state index in [1.807, 2.05) is 6.07 Å². The van der Waals surface area contributed by atoms with Crippen LogP contribution in [0.4, 0.5) is 5.82 Å². The Morgan fingerprint density at radius 2 is 2.18 bits per heavy atom. The molecule has 0 saturated heterocycles. The lowest BCUT2D eigenvalue weighted by Gasteiger charge is -2.29. The molecule has 4 heteroatoms. The molecule has 0 aliphatic heterocycles. The molecule has 1 aromatic rings. The summed E-state index contributed by atoms with van der Waals surface area (Å²) < 4.78 is 0. The van der Waals surface area contributed by atoms with E-state index in [2.05, 4.69) is 9.88 Å². The highest BCUT2D eigenvalue weighted by molar-refractivity contribution is 5.74. The number of hydrogen-bond acceptors (Lipinski definition) is 4. The first-order chi connectivity index (χ1) is 8.35. The molecule has 0 bridgehead atoms. The maximum absolute atomic E-state index is 10.6. The van der Waals surface area contributed by atoms with Gasteiger partial charge in [0.2, 0.25) is 0 Å². The average molecular weight is 234 g/mol. The van der Waals surface area contributed by atoms with E-state index in [1.165, 1.54) is 12.8 Å². The second-order valence-corrected chi connectivity index (χ2v) is 4.42. The maximum atomic E-state index is 10.6. The van der Waals surface area contributed by atoms with Gasteiger partial charge in [-0.1, -0.05) is 12.8 Å². The molecule has 0 atom stereocenters. The number of anilines is 1. The minimum atomic E-state index is 0.133. The van der Waals surface area contributed by atoms with Gasteiger partial charge in [0, 0.05) is 24.3 Å². The molecular formula is C13H18N2O2. The molecule has 4 nitrogen and oxygen atoms in total. The molecular weight excluding hydrogens is 216 g/mol. The van der Waals surface area contributed by atoms with E-state index in [0.717, 1.165) is 24.9 Å². The van der Waals surface area contributed by atoms with Gasteiger partial charge in [-0.15, -0.1) is 0 Å². The Labute approximate surface area is 101 Å². The summed E-state index contributed by atoms with van der Waals surface area (Å²) >= 11 is 0. The number of aldehydes is 1. The van der Waals surface area contributed by atoms with Crippen LogP contribution in [0.25, 0.3) is 0 Å². The van der Waals surface area contributed by atoms with Crippen molar-refractivity contribution in [3.8, 4) is 0 Å². The predicted molar refractivity (Wildman–Crippen MR) is 66.3 cm³/mol. The zero-order valence-electron chi connectivity index (χ0n) is 9.88. The first-order valence-corrected chi connectivity index (χ1v) is 6.14. The smallest absolute Gasteiger partial charge is 0.151 e. The van der Waals surface area contributed by atoms with Gasteiger partial charge in [0.1, 0.15) is 5.82 Å². The molecule has 0 spiro atoms. The van der Waals surface area contributed by atoms with Crippen molar-refractivity contribution in [2.24, 2.45) is 0 Å². The van der Waals surface area contributed by atoms with Gasteiger partial charge in [-0.3, -0.25) is 4.79 Å². The summed E-state index contributed by atoms with van der Waals surface area (Å²) in [5.74, 6) is 0.858. The summed E-state index contributed by atoms with van der Waals surface area (Å²) in [7, 11) is 0. The van der Waals surface area contributed by atoms with Crippen LogP contribution < -0.4 is 4.90 Å². The summed E-state index contributed by atoms with van der Waals surface area (Å²) in [6.07, 6.45) is 7.21. The zero-order chi connectivity index (χ0) is 12.1. The van der Waals surface area contributed by atoms with Gasteiger partial charge in [-0.05, 0) is 25.0 Å². The van der Waals surface area contributed by atoms with Crippen molar-refractivity contribution in [2.75, 3.05) is 18.1 Å². The van der Waals surface area contributed by atoms with Gasteiger partial charge in [0.25, 0.3) is 0 Å². The van der Waals surface area contributed by atoms with Crippen molar-refractivity contribution in [3.63, 3.8) is 0 Å². The molecule has 1 N–H and O–H groups in total. The van der Waals surface area contributed by atoms with Crippen molar-refractivity contribution in [1.82, 2.24) is 4.98 Å². The largest absolute Gasteiger partial charge is 0.395 e. The number of carbonyl (C=O) groups is 1. The fraction of sp³-hybridized carbons (Fsp3) is 0.538. The second-order valence-electron chi connectivity index (χ2n) is 4.42. The quantitative estimate of drug-likeness (QED) is 0.787. The van der Waals surface area contributed by atoms with Crippen LogP contribution in [0, 0.1) is 0 Å². The molecule has 1 aromatic heterocycles. The SMILES string of the molecule is O=Cc1ccc(N(CCO)C2CCCC2)nc1. The van der Waals surface area contributed by atoms with Crippen LogP contribution >= 0.6 is 0 Å². The molecule has 1 fully saturated rings. The van der Waals surface area contributed by atoms with E-state index in [9.17, 15) is 4.79 Å². The summed E-state index contributed by atoms with van der Waals surface area (Å²) in [6.45, 7) is 0.742. The topological polar surface area (TPSA) is 53.4 Å². The molecule has 92 valence electrons. The molecule has 1 saturated carbocycles. The Bertz CT molecular complexity index is 358. The summed E-state index contributed by atoms with van der Waals surface area (Å²) in [5.41, 5.74) is 0.587. The number of aliphatic hydroxyl groups excluding tert-OH is 1. The summed E-state index contributed by atoms with van der Waals surface area (Å²) in [6, 6.07) is 4.11. The van der Waals surface area contributed by atoms with Crippen LogP contribution in [0.2, 0.25) is 0 Å². The Balaban J connectivity index is 2.15. The number of pyridine rings is 1. The summed E-state index contributed by atoms with van der Waals surface area (Å²) in [5, 5.41) is 9.13. The van der Waals surface area contributed by atoms with E-state index < -0.39 is 0 Å². The fourth-order valence-corrected chi connectivity index (χ4v) is 2.44. The Morgan fingerprint density at radius 3 is 2.71 bits per heavy atom. The molecule has 0 unspecified atom stereocenters. The molecule has 0 amide bonds. The van der Waals surface area contributed by atoms with Crippen molar-refractivity contribution >= 4 is 12.1 Å². The first-order valence-electron chi connectivity index (χ1n) is 6.14. The first kappa shape index (κ1) is 12.0. The highest BCUT2D eigenvalue weighted by Gasteiger charge is 2.23. The van der Waals surface area contributed by atoms with E-state index in [-0.39, 0.29) is 6.61 Å². The lowest BCUT2D eigenvalue weighted by Crippen LogP contribution is -2.36. The minimum Gasteiger partial charge on any atom is -0.395 e. The molecule has 17 heavy (non-hydrogen) atoms. The van der Waals surface area contributed by atoms with Gasteiger partial charge >= 0.3 is 0 Å². The molecule has 1 aliphatic rings. The number of aliphatic hydroxyl groups is 1. The van der Waals surface area contributed by atoms with Crippen LogP contribution in [-0.2, 0) is 0 Å². The lowest BCUT2D eigenvalue weighted by atomic mass is 10.2. The van der Waals surface area contributed by atoms with Gasteiger partial charge < -0.3 is 10.0 Å². The third-order valence-electron chi connectivity index (χ3n) is 3.31. The van der Waals surface area contributed by atoms with Crippen LogP contribution in [-0.4, -0.2) is 35.6 Å². The highest BCUT2D eigenvalue weighted by atomic mass is 16.3. The van der Waals surface area contributed by atoms with Gasteiger partial charge in [-0.25, -0.2) is 4.98 Å². The van der Waals surface area contributed by atoms with Crippen molar-refractivity contribution in [1.29, 1.82) is 0 Å². The van der Waals surface area contributed by atoms with Gasteiger partial charge in [-0.2, -0.15) is 0 Å². The molecule has 1 aliphatic carbocycles. The minimum absolute atomic E-state index is 0.133. The van der Waals surface area contributed by atoms with E-state index in [0.29, 0.717) is 18.2 Å².